The second-order valence-electron chi connectivity index (χ2n) is 4.01. The van der Waals surface area contributed by atoms with E-state index in [1.54, 1.807) is 6.07 Å². The molecule has 0 amide bonds. The van der Waals surface area contributed by atoms with Gasteiger partial charge in [0.1, 0.15) is 10.0 Å². The first-order chi connectivity index (χ1) is 9.29. The van der Waals surface area contributed by atoms with Crippen molar-refractivity contribution in [2.24, 2.45) is 0 Å². The van der Waals surface area contributed by atoms with Crippen LogP contribution in [0.5, 0.6) is 0 Å². The molecule has 0 aliphatic heterocycles. The summed E-state index contributed by atoms with van der Waals surface area (Å²) >= 11 is 11.2. The molecule has 1 aromatic carbocycles. The lowest BCUT2D eigenvalue weighted by molar-refractivity contribution is 0.600. The average Bonchev–Trinajstić information content (AvgIpc) is 2.35. The van der Waals surface area contributed by atoms with Gasteiger partial charge in [-0.2, -0.15) is 0 Å². The van der Waals surface area contributed by atoms with Gasteiger partial charge in [-0.25, -0.2) is 13.4 Å². The van der Waals surface area contributed by atoms with E-state index in [1.807, 2.05) is 19.1 Å². The van der Waals surface area contributed by atoms with E-state index >= 15 is 0 Å². The molecule has 0 atom stereocenters. The molecule has 0 bridgehead atoms. The van der Waals surface area contributed by atoms with Gasteiger partial charge in [0.05, 0.1) is 5.69 Å². The molecule has 0 saturated heterocycles. The van der Waals surface area contributed by atoms with Gasteiger partial charge >= 0.3 is 0 Å². The summed E-state index contributed by atoms with van der Waals surface area (Å²) in [5, 5.41) is -0.0659. The van der Waals surface area contributed by atoms with Crippen LogP contribution in [0.3, 0.4) is 0 Å². The van der Waals surface area contributed by atoms with E-state index in [9.17, 15) is 8.42 Å². The van der Waals surface area contributed by atoms with Crippen LogP contribution in [0.4, 0.5) is 5.69 Å². The van der Waals surface area contributed by atoms with E-state index in [4.69, 9.17) is 11.6 Å². The molecule has 0 radical (unpaired) electrons. The fourth-order valence-electron chi connectivity index (χ4n) is 1.53. The monoisotopic (exact) mass is 486 g/mol. The minimum absolute atomic E-state index is 0.0634. The molecule has 4 nitrogen and oxygen atoms in total. The lowest BCUT2D eigenvalue weighted by Crippen LogP contribution is -2.14. The van der Waals surface area contributed by atoms with Gasteiger partial charge in [-0.1, -0.05) is 11.6 Å². The fourth-order valence-corrected chi connectivity index (χ4v) is 4.26. The first-order valence-electron chi connectivity index (χ1n) is 5.39. The number of benzene rings is 1. The molecule has 1 N–H and O–H groups in total. The Morgan fingerprint density at radius 1 is 1.35 bits per heavy atom. The maximum Gasteiger partial charge on any atom is 0.265 e. The van der Waals surface area contributed by atoms with E-state index in [2.05, 4.69) is 48.2 Å². The Morgan fingerprint density at radius 3 is 2.70 bits per heavy atom. The Kier molecular flexibility index (Phi) is 4.93. The normalized spacial score (nSPS) is 11.4. The third-order valence-electron chi connectivity index (χ3n) is 2.50. The molecule has 20 heavy (non-hydrogen) atoms. The van der Waals surface area contributed by atoms with Gasteiger partial charge in [0, 0.05) is 14.2 Å². The molecule has 8 heteroatoms. The molecule has 0 fully saturated rings. The van der Waals surface area contributed by atoms with Gasteiger partial charge < -0.3 is 0 Å². The number of nitrogens with one attached hydrogen (secondary N) is 1. The van der Waals surface area contributed by atoms with Crippen molar-refractivity contribution in [2.45, 2.75) is 11.8 Å². The van der Waals surface area contributed by atoms with Crippen molar-refractivity contribution in [1.82, 2.24) is 4.98 Å². The van der Waals surface area contributed by atoms with Gasteiger partial charge in [-0.15, -0.1) is 0 Å². The van der Waals surface area contributed by atoms with Crippen LogP contribution in [-0.2, 0) is 10.0 Å². The first-order valence-corrected chi connectivity index (χ1v) is 9.13. The van der Waals surface area contributed by atoms with E-state index in [-0.39, 0.29) is 10.0 Å². The molecule has 106 valence electrons. The maximum absolute atomic E-state index is 12.4. The van der Waals surface area contributed by atoms with Crippen LogP contribution in [0.15, 0.2) is 39.8 Å². The highest BCUT2D eigenvalue weighted by molar-refractivity contribution is 14.1. The zero-order valence-electron chi connectivity index (χ0n) is 10.2. The maximum atomic E-state index is 12.4. The smallest absolute Gasteiger partial charge is 0.265 e. The standard InChI is InChI=1S/C12H9BrClIN2O2S/c1-7-4-9(15)2-3-10(7)17-20(18,19)11-5-8(13)6-16-12(11)14/h2-6,17H,1H3. The summed E-state index contributed by atoms with van der Waals surface area (Å²) in [6, 6.07) is 6.85. The van der Waals surface area contributed by atoms with Crippen molar-refractivity contribution in [3.8, 4) is 0 Å². The zero-order valence-corrected chi connectivity index (χ0v) is 15.5. The second kappa shape index (κ2) is 6.17. The average molecular weight is 488 g/mol. The summed E-state index contributed by atoms with van der Waals surface area (Å²) in [6.45, 7) is 1.83. The summed E-state index contributed by atoms with van der Waals surface area (Å²) in [7, 11) is -3.78. The molecule has 0 spiro atoms. The summed E-state index contributed by atoms with van der Waals surface area (Å²) in [5.41, 5.74) is 1.35. The number of halogens is 3. The first kappa shape index (κ1) is 16.0. The summed E-state index contributed by atoms with van der Waals surface area (Å²) in [4.78, 5) is 3.76. The SMILES string of the molecule is Cc1cc(I)ccc1NS(=O)(=O)c1cc(Br)cnc1Cl. The van der Waals surface area contributed by atoms with Crippen molar-refractivity contribution in [1.29, 1.82) is 0 Å². The lowest BCUT2D eigenvalue weighted by atomic mass is 10.2. The van der Waals surface area contributed by atoms with Crippen molar-refractivity contribution < 1.29 is 8.42 Å². The molecule has 0 saturated carbocycles. The number of hydrogen-bond acceptors (Lipinski definition) is 3. The summed E-state index contributed by atoms with van der Waals surface area (Å²) < 4.78 is 28.8. The van der Waals surface area contributed by atoms with Gasteiger partial charge in [0.15, 0.2) is 0 Å². The highest BCUT2D eigenvalue weighted by Crippen LogP contribution is 2.26. The van der Waals surface area contributed by atoms with Crippen LogP contribution >= 0.6 is 50.1 Å². The molecular weight excluding hydrogens is 478 g/mol. The van der Waals surface area contributed by atoms with Crippen molar-refractivity contribution in [2.75, 3.05) is 4.72 Å². The van der Waals surface area contributed by atoms with Crippen LogP contribution in [0.2, 0.25) is 5.15 Å². The summed E-state index contributed by atoms with van der Waals surface area (Å²) in [6.07, 6.45) is 1.44. The van der Waals surface area contributed by atoms with E-state index in [0.29, 0.717) is 10.2 Å². The van der Waals surface area contributed by atoms with Crippen molar-refractivity contribution in [3.63, 3.8) is 0 Å². The Labute approximate surface area is 144 Å². The highest BCUT2D eigenvalue weighted by atomic mass is 127. The van der Waals surface area contributed by atoms with Gasteiger partial charge in [-0.05, 0) is 75.3 Å². The predicted molar refractivity (Wildman–Crippen MR) is 91.7 cm³/mol. The van der Waals surface area contributed by atoms with Gasteiger partial charge in [-0.3, -0.25) is 4.72 Å². The quantitative estimate of drug-likeness (QED) is 0.521. The molecule has 1 aromatic heterocycles. The molecule has 2 aromatic rings. The number of hydrogen-bond donors (Lipinski definition) is 1. The zero-order chi connectivity index (χ0) is 14.9. The highest BCUT2D eigenvalue weighted by Gasteiger charge is 2.20. The van der Waals surface area contributed by atoms with Crippen LogP contribution < -0.4 is 4.72 Å². The number of aromatic nitrogens is 1. The number of aryl methyl sites for hydroxylation is 1. The Bertz CT molecular complexity index is 768. The van der Waals surface area contributed by atoms with E-state index in [0.717, 1.165) is 9.13 Å². The minimum Gasteiger partial charge on any atom is -0.279 e. The molecule has 2 rings (SSSR count). The van der Waals surface area contributed by atoms with Gasteiger partial charge in [0.2, 0.25) is 0 Å². The number of anilines is 1. The number of rotatable bonds is 3. The van der Waals surface area contributed by atoms with Crippen LogP contribution in [-0.4, -0.2) is 13.4 Å². The van der Waals surface area contributed by atoms with Crippen LogP contribution in [0.25, 0.3) is 0 Å². The lowest BCUT2D eigenvalue weighted by Gasteiger charge is -2.11. The molecular formula is C12H9BrClIN2O2S. The number of pyridine rings is 1. The predicted octanol–water partition coefficient (Wildman–Crippen LogP) is 4.21. The topological polar surface area (TPSA) is 59.1 Å². The fraction of sp³-hybridized carbons (Fsp3) is 0.0833. The number of sulfonamides is 1. The van der Waals surface area contributed by atoms with Crippen molar-refractivity contribution >= 4 is 65.8 Å². The third kappa shape index (κ3) is 3.63. The minimum atomic E-state index is -3.78. The molecule has 0 aliphatic rings. The molecule has 0 aliphatic carbocycles. The van der Waals surface area contributed by atoms with Crippen LogP contribution in [0, 0.1) is 10.5 Å². The Balaban J connectivity index is 2.43. The number of nitrogens with zero attached hydrogens (tertiary/aromatic N) is 1. The third-order valence-corrected chi connectivity index (χ3v) is 5.39. The van der Waals surface area contributed by atoms with E-state index < -0.39 is 10.0 Å². The summed E-state index contributed by atoms with van der Waals surface area (Å²) in [5.74, 6) is 0. The molecule has 1 heterocycles. The van der Waals surface area contributed by atoms with E-state index in [1.165, 1.54) is 12.3 Å². The molecule has 0 unspecified atom stereocenters. The largest absolute Gasteiger partial charge is 0.279 e. The Morgan fingerprint density at radius 2 is 2.05 bits per heavy atom. The van der Waals surface area contributed by atoms with Crippen molar-refractivity contribution in [3.05, 3.63) is 49.2 Å². The van der Waals surface area contributed by atoms with Crippen LogP contribution in [0.1, 0.15) is 5.56 Å². The van der Waals surface area contributed by atoms with Gasteiger partial charge in [0.25, 0.3) is 10.0 Å². The second-order valence-corrected chi connectivity index (χ2v) is 8.18. The Hall–Kier alpha value is -0.380.